The number of hydrogen-bond acceptors (Lipinski definition) is 4. The second kappa shape index (κ2) is 9.78. The van der Waals surface area contributed by atoms with Gasteiger partial charge in [0, 0.05) is 11.6 Å². The third kappa shape index (κ3) is 5.82. The first-order valence-corrected chi connectivity index (χ1v) is 9.88. The lowest BCUT2D eigenvalue weighted by molar-refractivity contribution is -0.137. The molecule has 3 rings (SSSR count). The quantitative estimate of drug-likeness (QED) is 0.456. The number of benzene rings is 3. The van der Waals surface area contributed by atoms with E-state index in [0.29, 0.717) is 11.4 Å². The van der Waals surface area contributed by atoms with Crippen molar-refractivity contribution in [2.45, 2.75) is 19.2 Å². The number of hydrogen-bond donors (Lipinski definition) is 2. The molecule has 3 amide bonds. The molecular formula is C23H19F3N2O3S. The fourth-order valence-corrected chi connectivity index (χ4v) is 3.01. The highest BCUT2D eigenvalue weighted by atomic mass is 32.1. The molecule has 0 heterocycles. The molecule has 3 aromatic rings. The molecule has 32 heavy (non-hydrogen) atoms. The van der Waals surface area contributed by atoms with Gasteiger partial charge in [0.25, 0.3) is 5.91 Å². The maximum atomic E-state index is 12.7. The molecule has 3 aromatic carbocycles. The van der Waals surface area contributed by atoms with Gasteiger partial charge in [-0.1, -0.05) is 49.2 Å². The van der Waals surface area contributed by atoms with Crippen molar-refractivity contribution in [3.8, 4) is 5.75 Å². The minimum atomic E-state index is -4.52. The van der Waals surface area contributed by atoms with Crippen molar-refractivity contribution in [1.82, 2.24) is 5.32 Å². The lowest BCUT2D eigenvalue weighted by atomic mass is 10.1. The van der Waals surface area contributed by atoms with Gasteiger partial charge in [-0.25, -0.2) is 9.10 Å². The van der Waals surface area contributed by atoms with Crippen LogP contribution in [0.4, 0.5) is 23.7 Å². The Balaban J connectivity index is 1.65. The summed E-state index contributed by atoms with van der Waals surface area (Å²) in [6.45, 7) is 1.88. The van der Waals surface area contributed by atoms with Crippen LogP contribution in [0.5, 0.6) is 5.75 Å². The maximum absolute atomic E-state index is 12.7. The van der Waals surface area contributed by atoms with Crippen molar-refractivity contribution in [2.24, 2.45) is 0 Å². The van der Waals surface area contributed by atoms with Crippen molar-refractivity contribution < 1.29 is 27.5 Å². The number of halogens is 3. The van der Waals surface area contributed by atoms with Crippen LogP contribution >= 0.6 is 12.8 Å². The number of nitrogens with zero attached hydrogens (tertiary/aromatic N) is 1. The van der Waals surface area contributed by atoms with Gasteiger partial charge in [0.1, 0.15) is 11.9 Å². The van der Waals surface area contributed by atoms with E-state index in [1.165, 1.54) is 0 Å². The SMILES string of the molecule is CC(Oc1cccc(N(S)C(=O)NC(=O)c2ccc(C(F)(F)F)cc2)c1)c1ccccc1. The highest BCUT2D eigenvalue weighted by molar-refractivity contribution is 7.82. The van der Waals surface area contributed by atoms with Gasteiger partial charge >= 0.3 is 12.2 Å². The number of carbonyl (C=O) groups excluding carboxylic acids is 2. The molecule has 0 bridgehead atoms. The second-order valence-electron chi connectivity index (χ2n) is 6.81. The van der Waals surface area contributed by atoms with Gasteiger partial charge in [-0.05, 0) is 48.9 Å². The number of urea groups is 1. The van der Waals surface area contributed by atoms with Crippen LogP contribution in [0.3, 0.4) is 0 Å². The summed E-state index contributed by atoms with van der Waals surface area (Å²) >= 11 is 4.13. The first-order chi connectivity index (χ1) is 15.1. The Hall–Kier alpha value is -3.46. The van der Waals surface area contributed by atoms with Crippen LogP contribution in [0.1, 0.15) is 34.5 Å². The molecule has 1 atom stereocenters. The van der Waals surface area contributed by atoms with E-state index in [9.17, 15) is 22.8 Å². The summed E-state index contributed by atoms with van der Waals surface area (Å²) in [5.41, 5.74) is 0.323. The molecule has 5 nitrogen and oxygen atoms in total. The summed E-state index contributed by atoms with van der Waals surface area (Å²) in [7, 11) is 0. The number of ether oxygens (including phenoxy) is 1. The van der Waals surface area contributed by atoms with Gasteiger partial charge in [-0.3, -0.25) is 10.1 Å². The molecule has 1 N–H and O–H groups in total. The molecule has 0 fully saturated rings. The van der Waals surface area contributed by atoms with Gasteiger partial charge in [-0.2, -0.15) is 13.2 Å². The number of nitrogens with one attached hydrogen (secondary N) is 1. The monoisotopic (exact) mass is 460 g/mol. The summed E-state index contributed by atoms with van der Waals surface area (Å²) in [5.74, 6) is -0.368. The standard InChI is InChI=1S/C23H19F3N2O3S/c1-15(16-6-3-2-4-7-16)31-20-9-5-8-19(14-20)28(32)22(30)27-21(29)17-10-12-18(13-11-17)23(24,25)26/h2-15,32H,1H3,(H,27,29,30). The molecular weight excluding hydrogens is 441 g/mol. The summed E-state index contributed by atoms with van der Waals surface area (Å²) < 4.78 is 44.8. The van der Waals surface area contributed by atoms with Crippen molar-refractivity contribution in [2.75, 3.05) is 4.31 Å². The first-order valence-electron chi connectivity index (χ1n) is 9.48. The third-order valence-corrected chi connectivity index (χ3v) is 4.94. The number of alkyl halides is 3. The summed E-state index contributed by atoms with van der Waals surface area (Å²) in [6.07, 6.45) is -4.76. The van der Waals surface area contributed by atoms with E-state index in [2.05, 4.69) is 18.1 Å². The Morgan fingerprint density at radius 2 is 1.62 bits per heavy atom. The molecule has 0 aliphatic carbocycles. The first kappa shape index (κ1) is 23.2. The molecule has 0 saturated carbocycles. The summed E-state index contributed by atoms with van der Waals surface area (Å²) in [6, 6.07) is 18.8. The average Bonchev–Trinajstić information content (AvgIpc) is 2.78. The molecule has 166 valence electrons. The normalized spacial score (nSPS) is 12.0. The second-order valence-corrected chi connectivity index (χ2v) is 7.21. The topological polar surface area (TPSA) is 58.6 Å². The molecule has 0 aromatic heterocycles. The molecule has 0 spiro atoms. The van der Waals surface area contributed by atoms with Crippen LogP contribution in [0, 0.1) is 0 Å². The summed E-state index contributed by atoms with van der Waals surface area (Å²) in [4.78, 5) is 24.6. The number of carbonyl (C=O) groups is 2. The van der Waals surface area contributed by atoms with Crippen LogP contribution in [-0.4, -0.2) is 11.9 Å². The fourth-order valence-electron chi connectivity index (χ4n) is 2.83. The van der Waals surface area contributed by atoms with Crippen LogP contribution in [0.15, 0.2) is 78.9 Å². The van der Waals surface area contributed by atoms with Gasteiger partial charge in [0.15, 0.2) is 0 Å². The molecule has 0 aliphatic heterocycles. The number of imide groups is 1. The van der Waals surface area contributed by atoms with Crippen molar-refractivity contribution in [3.63, 3.8) is 0 Å². The lowest BCUT2D eigenvalue weighted by Gasteiger charge is -2.19. The van der Waals surface area contributed by atoms with Crippen LogP contribution in [0.25, 0.3) is 0 Å². The van der Waals surface area contributed by atoms with E-state index >= 15 is 0 Å². The Bertz CT molecular complexity index is 1090. The Morgan fingerprint density at radius 1 is 0.969 bits per heavy atom. The van der Waals surface area contributed by atoms with E-state index in [4.69, 9.17) is 4.74 Å². The Kier molecular flexibility index (Phi) is 7.09. The minimum absolute atomic E-state index is 0.0955. The van der Waals surface area contributed by atoms with Gasteiger partial charge in [-0.15, -0.1) is 0 Å². The van der Waals surface area contributed by atoms with E-state index in [1.54, 1.807) is 24.3 Å². The zero-order valence-electron chi connectivity index (χ0n) is 16.8. The predicted molar refractivity (Wildman–Crippen MR) is 118 cm³/mol. The summed E-state index contributed by atoms with van der Waals surface area (Å²) in [5, 5.41) is 2.09. The lowest BCUT2D eigenvalue weighted by Crippen LogP contribution is -2.38. The van der Waals surface area contributed by atoms with Crippen molar-refractivity contribution >= 4 is 30.4 Å². The molecule has 0 aliphatic rings. The zero-order chi connectivity index (χ0) is 23.3. The predicted octanol–water partition coefficient (Wildman–Crippen LogP) is 6.05. The zero-order valence-corrected chi connectivity index (χ0v) is 17.7. The highest BCUT2D eigenvalue weighted by Gasteiger charge is 2.30. The van der Waals surface area contributed by atoms with E-state index < -0.39 is 23.7 Å². The fraction of sp³-hybridized carbons (Fsp3) is 0.130. The number of rotatable bonds is 5. The van der Waals surface area contributed by atoms with Crippen LogP contribution in [-0.2, 0) is 6.18 Å². The third-order valence-electron chi connectivity index (χ3n) is 4.53. The molecule has 1 unspecified atom stereocenters. The Morgan fingerprint density at radius 3 is 2.25 bits per heavy atom. The van der Waals surface area contributed by atoms with Crippen LogP contribution < -0.4 is 14.4 Å². The van der Waals surface area contributed by atoms with E-state index in [1.807, 2.05) is 37.3 Å². The number of anilines is 1. The van der Waals surface area contributed by atoms with E-state index in [0.717, 1.165) is 34.1 Å². The van der Waals surface area contributed by atoms with E-state index in [-0.39, 0.29) is 11.7 Å². The average molecular weight is 460 g/mol. The highest BCUT2D eigenvalue weighted by Crippen LogP contribution is 2.29. The number of amides is 3. The molecule has 9 heteroatoms. The van der Waals surface area contributed by atoms with Crippen molar-refractivity contribution in [1.29, 1.82) is 0 Å². The maximum Gasteiger partial charge on any atom is 0.416 e. The largest absolute Gasteiger partial charge is 0.486 e. The smallest absolute Gasteiger partial charge is 0.416 e. The molecule has 0 radical (unpaired) electrons. The Labute approximate surface area is 188 Å². The van der Waals surface area contributed by atoms with Crippen molar-refractivity contribution in [3.05, 3.63) is 95.6 Å². The van der Waals surface area contributed by atoms with Gasteiger partial charge in [0.05, 0.1) is 11.3 Å². The van der Waals surface area contributed by atoms with Crippen LogP contribution in [0.2, 0.25) is 0 Å². The minimum Gasteiger partial charge on any atom is -0.486 e. The molecule has 0 saturated heterocycles. The van der Waals surface area contributed by atoms with Gasteiger partial charge in [0.2, 0.25) is 0 Å². The number of thiol groups is 1. The van der Waals surface area contributed by atoms with Gasteiger partial charge < -0.3 is 4.74 Å².